The van der Waals surface area contributed by atoms with E-state index in [0.717, 1.165) is 5.92 Å². The molecule has 0 aliphatic heterocycles. The number of aliphatic hydroxyl groups is 1. The molecule has 2 heteroatoms. The predicted molar refractivity (Wildman–Crippen MR) is 75.4 cm³/mol. The first-order valence-electron chi connectivity index (χ1n) is 7.08. The highest BCUT2D eigenvalue weighted by Gasteiger charge is 2.30. The van der Waals surface area contributed by atoms with E-state index in [2.05, 4.69) is 31.3 Å². The van der Waals surface area contributed by atoms with Gasteiger partial charge in [0.1, 0.15) is 0 Å². The van der Waals surface area contributed by atoms with Gasteiger partial charge >= 0.3 is 0 Å². The maximum Gasteiger partial charge on any atom is 0.0652 e. The van der Waals surface area contributed by atoms with Gasteiger partial charge in [0.2, 0.25) is 0 Å². The lowest BCUT2D eigenvalue weighted by Crippen LogP contribution is -2.49. The fourth-order valence-electron chi connectivity index (χ4n) is 2.88. The van der Waals surface area contributed by atoms with E-state index < -0.39 is 0 Å². The van der Waals surface area contributed by atoms with E-state index in [1.807, 2.05) is 18.2 Å². The molecule has 1 atom stereocenters. The van der Waals surface area contributed by atoms with Crippen molar-refractivity contribution in [2.24, 2.45) is 5.92 Å². The Labute approximate surface area is 110 Å². The second-order valence-corrected chi connectivity index (χ2v) is 5.96. The van der Waals surface area contributed by atoms with Gasteiger partial charge in [-0.05, 0) is 44.1 Å². The zero-order chi connectivity index (χ0) is 13.0. The van der Waals surface area contributed by atoms with Crippen molar-refractivity contribution in [1.29, 1.82) is 0 Å². The van der Waals surface area contributed by atoms with E-state index in [4.69, 9.17) is 0 Å². The number of rotatable bonds is 4. The van der Waals surface area contributed by atoms with E-state index in [1.54, 1.807) is 0 Å². The van der Waals surface area contributed by atoms with Crippen LogP contribution in [0.15, 0.2) is 30.3 Å². The molecule has 18 heavy (non-hydrogen) atoms. The highest BCUT2D eigenvalue weighted by Crippen LogP contribution is 2.28. The van der Waals surface area contributed by atoms with Crippen molar-refractivity contribution in [3.63, 3.8) is 0 Å². The summed E-state index contributed by atoms with van der Waals surface area (Å²) in [5, 5.41) is 13.4. The summed E-state index contributed by atoms with van der Waals surface area (Å²) in [6, 6.07) is 10.8. The SMILES string of the molecule is CC1CCC(NC(C)(CO)c2ccccc2)CC1. The summed E-state index contributed by atoms with van der Waals surface area (Å²) in [6.45, 7) is 4.57. The molecule has 0 saturated heterocycles. The number of hydrogen-bond acceptors (Lipinski definition) is 2. The minimum Gasteiger partial charge on any atom is -0.394 e. The summed E-state index contributed by atoms with van der Waals surface area (Å²) >= 11 is 0. The second-order valence-electron chi connectivity index (χ2n) is 5.96. The van der Waals surface area contributed by atoms with Gasteiger partial charge in [-0.25, -0.2) is 0 Å². The molecule has 1 aliphatic rings. The number of hydrogen-bond donors (Lipinski definition) is 2. The topological polar surface area (TPSA) is 32.3 Å². The number of aliphatic hydroxyl groups excluding tert-OH is 1. The summed E-state index contributed by atoms with van der Waals surface area (Å²) in [6.07, 6.45) is 5.05. The molecule has 0 heterocycles. The molecule has 0 amide bonds. The molecule has 1 aliphatic carbocycles. The van der Waals surface area contributed by atoms with Crippen molar-refractivity contribution >= 4 is 0 Å². The van der Waals surface area contributed by atoms with Gasteiger partial charge in [-0.2, -0.15) is 0 Å². The minimum atomic E-state index is -0.313. The summed E-state index contributed by atoms with van der Waals surface area (Å²) in [4.78, 5) is 0. The van der Waals surface area contributed by atoms with Gasteiger partial charge < -0.3 is 10.4 Å². The largest absolute Gasteiger partial charge is 0.394 e. The molecular weight excluding hydrogens is 222 g/mol. The molecule has 0 aromatic heterocycles. The van der Waals surface area contributed by atoms with Crippen LogP contribution < -0.4 is 5.32 Å². The maximum absolute atomic E-state index is 9.76. The molecule has 100 valence electrons. The normalized spacial score (nSPS) is 27.7. The van der Waals surface area contributed by atoms with E-state index in [9.17, 15) is 5.11 Å². The summed E-state index contributed by atoms with van der Waals surface area (Å²) in [5.41, 5.74) is 0.859. The van der Waals surface area contributed by atoms with Gasteiger partial charge in [0.25, 0.3) is 0 Å². The average Bonchev–Trinajstić information content (AvgIpc) is 2.42. The van der Waals surface area contributed by atoms with Crippen LogP contribution in [0.3, 0.4) is 0 Å². The van der Waals surface area contributed by atoms with Gasteiger partial charge in [0.15, 0.2) is 0 Å². The van der Waals surface area contributed by atoms with Crippen LogP contribution in [0.5, 0.6) is 0 Å². The van der Waals surface area contributed by atoms with Crippen molar-refractivity contribution in [1.82, 2.24) is 5.32 Å². The van der Waals surface area contributed by atoms with Gasteiger partial charge in [0.05, 0.1) is 12.1 Å². The Bertz CT molecular complexity index is 357. The molecule has 0 radical (unpaired) electrons. The molecular formula is C16H25NO. The van der Waals surface area contributed by atoms with Crippen LogP contribution in [-0.2, 0) is 5.54 Å². The summed E-state index contributed by atoms with van der Waals surface area (Å²) in [5.74, 6) is 0.861. The van der Waals surface area contributed by atoms with E-state index in [0.29, 0.717) is 6.04 Å². The van der Waals surface area contributed by atoms with Gasteiger partial charge in [-0.3, -0.25) is 0 Å². The van der Waals surface area contributed by atoms with Crippen LogP contribution in [-0.4, -0.2) is 17.8 Å². The average molecular weight is 247 g/mol. The molecule has 0 bridgehead atoms. The maximum atomic E-state index is 9.76. The number of benzene rings is 1. The Morgan fingerprint density at radius 1 is 1.17 bits per heavy atom. The lowest BCUT2D eigenvalue weighted by atomic mass is 9.84. The second kappa shape index (κ2) is 5.85. The van der Waals surface area contributed by atoms with Crippen molar-refractivity contribution in [2.45, 2.75) is 51.1 Å². The van der Waals surface area contributed by atoms with Crippen molar-refractivity contribution in [2.75, 3.05) is 6.61 Å². The Morgan fingerprint density at radius 2 is 1.78 bits per heavy atom. The molecule has 0 spiro atoms. The summed E-state index contributed by atoms with van der Waals surface area (Å²) < 4.78 is 0. The summed E-state index contributed by atoms with van der Waals surface area (Å²) in [7, 11) is 0. The van der Waals surface area contributed by atoms with Gasteiger partial charge in [-0.15, -0.1) is 0 Å². The molecule has 1 aromatic carbocycles. The van der Waals surface area contributed by atoms with Crippen LogP contribution in [0, 0.1) is 5.92 Å². The van der Waals surface area contributed by atoms with E-state index >= 15 is 0 Å². The fourth-order valence-corrected chi connectivity index (χ4v) is 2.88. The van der Waals surface area contributed by atoms with Crippen LogP contribution in [0.25, 0.3) is 0 Å². The molecule has 2 rings (SSSR count). The van der Waals surface area contributed by atoms with Crippen LogP contribution >= 0.6 is 0 Å². The van der Waals surface area contributed by atoms with E-state index in [1.165, 1.54) is 31.2 Å². The molecule has 1 saturated carbocycles. The third-order valence-electron chi connectivity index (χ3n) is 4.27. The Hall–Kier alpha value is -0.860. The number of nitrogens with one attached hydrogen (secondary N) is 1. The van der Waals surface area contributed by atoms with Gasteiger partial charge in [0, 0.05) is 6.04 Å². The van der Waals surface area contributed by atoms with Gasteiger partial charge in [-0.1, -0.05) is 37.3 Å². The highest BCUT2D eigenvalue weighted by atomic mass is 16.3. The first-order valence-corrected chi connectivity index (χ1v) is 7.08. The van der Waals surface area contributed by atoms with Crippen molar-refractivity contribution in [3.05, 3.63) is 35.9 Å². The third-order valence-corrected chi connectivity index (χ3v) is 4.27. The quantitative estimate of drug-likeness (QED) is 0.857. The van der Waals surface area contributed by atoms with Crippen molar-refractivity contribution < 1.29 is 5.11 Å². The fraction of sp³-hybridized carbons (Fsp3) is 0.625. The molecule has 1 fully saturated rings. The van der Waals surface area contributed by atoms with Crippen LogP contribution in [0.4, 0.5) is 0 Å². The standard InChI is InChI=1S/C16H25NO/c1-13-8-10-15(11-9-13)17-16(2,12-18)14-6-4-3-5-7-14/h3-7,13,15,17-18H,8-12H2,1-2H3. The zero-order valence-corrected chi connectivity index (χ0v) is 11.5. The predicted octanol–water partition coefficient (Wildman–Crippen LogP) is 3.06. The molecule has 1 aromatic rings. The monoisotopic (exact) mass is 247 g/mol. The molecule has 1 unspecified atom stereocenters. The lowest BCUT2D eigenvalue weighted by Gasteiger charge is -2.37. The molecule has 2 N–H and O–H groups in total. The van der Waals surface area contributed by atoms with Crippen molar-refractivity contribution in [3.8, 4) is 0 Å². The Balaban J connectivity index is 2.04. The highest BCUT2D eigenvalue weighted by molar-refractivity contribution is 5.24. The zero-order valence-electron chi connectivity index (χ0n) is 11.5. The van der Waals surface area contributed by atoms with Crippen LogP contribution in [0.2, 0.25) is 0 Å². The molecule has 2 nitrogen and oxygen atoms in total. The minimum absolute atomic E-state index is 0.142. The smallest absolute Gasteiger partial charge is 0.0652 e. The Morgan fingerprint density at radius 3 is 2.33 bits per heavy atom. The first-order chi connectivity index (χ1) is 8.64. The lowest BCUT2D eigenvalue weighted by molar-refractivity contribution is 0.145. The van der Waals surface area contributed by atoms with E-state index in [-0.39, 0.29) is 12.1 Å². The third kappa shape index (κ3) is 3.12. The first kappa shape index (κ1) is 13.6. The van der Waals surface area contributed by atoms with Crippen LogP contribution in [0.1, 0.15) is 45.1 Å². The Kier molecular flexibility index (Phi) is 4.41.